The molecule has 1 N–H and O–H groups in total. The van der Waals surface area contributed by atoms with E-state index < -0.39 is 0 Å². The fourth-order valence-corrected chi connectivity index (χ4v) is 3.11. The van der Waals surface area contributed by atoms with Crippen LogP contribution in [0.2, 0.25) is 0 Å². The molecule has 3 rings (SSSR count). The van der Waals surface area contributed by atoms with Crippen molar-refractivity contribution in [1.29, 1.82) is 0 Å². The highest BCUT2D eigenvalue weighted by atomic mass is 16.3. The number of aromatic nitrogens is 2. The second kappa shape index (κ2) is 6.96. The van der Waals surface area contributed by atoms with Crippen LogP contribution in [0.1, 0.15) is 25.3 Å². The lowest BCUT2D eigenvalue weighted by Crippen LogP contribution is -2.41. The van der Waals surface area contributed by atoms with E-state index in [0.717, 1.165) is 37.2 Å². The number of carbonyl (C=O) groups is 1. The Morgan fingerprint density at radius 1 is 1.30 bits per heavy atom. The fraction of sp³-hybridized carbons (Fsp3) is 0.444. The average molecular weight is 313 g/mol. The summed E-state index contributed by atoms with van der Waals surface area (Å²) in [5, 5.41) is 13.8. The Morgan fingerprint density at radius 3 is 2.57 bits per heavy atom. The lowest BCUT2D eigenvalue weighted by molar-refractivity contribution is -0.132. The third-order valence-electron chi connectivity index (χ3n) is 4.64. The second-order valence-corrected chi connectivity index (χ2v) is 6.25. The van der Waals surface area contributed by atoms with Crippen LogP contribution in [0.4, 0.5) is 0 Å². The van der Waals surface area contributed by atoms with Crippen LogP contribution in [0.3, 0.4) is 0 Å². The Morgan fingerprint density at radius 2 is 2.00 bits per heavy atom. The summed E-state index contributed by atoms with van der Waals surface area (Å²) < 4.78 is 1.80. The van der Waals surface area contributed by atoms with Crippen molar-refractivity contribution < 1.29 is 9.90 Å². The first-order valence-electron chi connectivity index (χ1n) is 8.18. The van der Waals surface area contributed by atoms with Crippen molar-refractivity contribution in [2.24, 2.45) is 5.92 Å². The first-order valence-corrected chi connectivity index (χ1v) is 8.18. The number of aliphatic hydroxyl groups excluding tert-OH is 1. The zero-order chi connectivity index (χ0) is 16.2. The molecule has 1 aromatic heterocycles. The first-order chi connectivity index (χ1) is 11.1. The van der Waals surface area contributed by atoms with Gasteiger partial charge in [0.05, 0.1) is 18.2 Å². The van der Waals surface area contributed by atoms with Crippen LogP contribution in [0.25, 0.3) is 5.69 Å². The quantitative estimate of drug-likeness (QED) is 0.939. The number of rotatable bonds is 4. The van der Waals surface area contributed by atoms with Crippen LogP contribution < -0.4 is 0 Å². The Bertz CT molecular complexity index is 627. The molecule has 1 aliphatic rings. The summed E-state index contributed by atoms with van der Waals surface area (Å²) >= 11 is 0. The van der Waals surface area contributed by atoms with Gasteiger partial charge in [-0.3, -0.25) is 4.79 Å². The van der Waals surface area contributed by atoms with E-state index in [1.807, 2.05) is 48.4 Å². The van der Waals surface area contributed by atoms with Crippen LogP contribution in [-0.2, 0) is 11.2 Å². The Labute approximate surface area is 136 Å². The molecule has 122 valence electrons. The van der Waals surface area contributed by atoms with Gasteiger partial charge in [0.25, 0.3) is 0 Å². The van der Waals surface area contributed by atoms with Gasteiger partial charge in [0, 0.05) is 25.5 Å². The number of nitrogens with zero attached hydrogens (tertiary/aromatic N) is 3. The van der Waals surface area contributed by atoms with Crippen LogP contribution >= 0.6 is 0 Å². The van der Waals surface area contributed by atoms with Gasteiger partial charge in [-0.1, -0.05) is 12.1 Å². The van der Waals surface area contributed by atoms with Gasteiger partial charge in [-0.25, -0.2) is 4.68 Å². The largest absolute Gasteiger partial charge is 0.393 e. The van der Waals surface area contributed by atoms with Crippen molar-refractivity contribution >= 4 is 5.91 Å². The molecule has 1 saturated heterocycles. The standard InChI is InChI=1S/C18H23N3O2/c1-14(22)16-7-11-20(12-8-16)18(23)13-15-3-5-17(6-4-15)21-10-2-9-19-21/h2-6,9-10,14,16,22H,7-8,11-13H2,1H3. The molecule has 1 unspecified atom stereocenters. The fourth-order valence-electron chi connectivity index (χ4n) is 3.11. The minimum absolute atomic E-state index is 0.167. The molecule has 5 heteroatoms. The van der Waals surface area contributed by atoms with E-state index in [4.69, 9.17) is 0 Å². The normalized spacial score (nSPS) is 17.2. The van der Waals surface area contributed by atoms with Crippen LogP contribution in [0, 0.1) is 5.92 Å². The predicted octanol–water partition coefficient (Wildman–Crippen LogP) is 2.03. The molecule has 0 saturated carbocycles. The number of carbonyl (C=O) groups excluding carboxylic acids is 1. The number of hydrogen-bond acceptors (Lipinski definition) is 3. The summed E-state index contributed by atoms with van der Waals surface area (Å²) in [5.74, 6) is 0.494. The Balaban J connectivity index is 1.56. The third kappa shape index (κ3) is 3.79. The van der Waals surface area contributed by atoms with Crippen molar-refractivity contribution in [1.82, 2.24) is 14.7 Å². The Kier molecular flexibility index (Phi) is 4.76. The second-order valence-electron chi connectivity index (χ2n) is 6.25. The summed E-state index contributed by atoms with van der Waals surface area (Å²) in [5.41, 5.74) is 2.01. The minimum Gasteiger partial charge on any atom is -0.393 e. The first kappa shape index (κ1) is 15.7. The summed E-state index contributed by atoms with van der Waals surface area (Å²) in [7, 11) is 0. The zero-order valence-corrected chi connectivity index (χ0v) is 13.4. The van der Waals surface area contributed by atoms with E-state index in [-0.39, 0.29) is 12.0 Å². The monoisotopic (exact) mass is 313 g/mol. The van der Waals surface area contributed by atoms with E-state index in [1.165, 1.54) is 0 Å². The maximum absolute atomic E-state index is 12.4. The predicted molar refractivity (Wildman–Crippen MR) is 88.3 cm³/mol. The maximum atomic E-state index is 12.4. The van der Waals surface area contributed by atoms with Gasteiger partial charge in [0.1, 0.15) is 0 Å². The number of piperidine rings is 1. The SMILES string of the molecule is CC(O)C1CCN(C(=O)Cc2ccc(-n3cccn3)cc2)CC1. The van der Waals surface area contributed by atoms with Crippen molar-refractivity contribution in [2.75, 3.05) is 13.1 Å². The van der Waals surface area contributed by atoms with Gasteiger partial charge in [-0.2, -0.15) is 5.10 Å². The van der Waals surface area contributed by atoms with E-state index >= 15 is 0 Å². The molecular weight excluding hydrogens is 290 g/mol. The summed E-state index contributed by atoms with van der Waals surface area (Å²) in [6.45, 7) is 3.34. The molecule has 1 fully saturated rings. The highest BCUT2D eigenvalue weighted by Crippen LogP contribution is 2.21. The van der Waals surface area contributed by atoms with Crippen LogP contribution in [0.5, 0.6) is 0 Å². The molecule has 0 radical (unpaired) electrons. The highest BCUT2D eigenvalue weighted by Gasteiger charge is 2.25. The molecule has 1 atom stereocenters. The smallest absolute Gasteiger partial charge is 0.226 e. The van der Waals surface area contributed by atoms with E-state index in [9.17, 15) is 9.90 Å². The molecule has 1 aliphatic heterocycles. The maximum Gasteiger partial charge on any atom is 0.226 e. The number of hydrogen-bond donors (Lipinski definition) is 1. The Hall–Kier alpha value is -2.14. The molecule has 0 spiro atoms. The van der Waals surface area contributed by atoms with Gasteiger partial charge in [-0.05, 0) is 49.4 Å². The lowest BCUT2D eigenvalue weighted by atomic mass is 9.92. The summed E-state index contributed by atoms with van der Waals surface area (Å²) in [6.07, 6.45) is 5.57. The minimum atomic E-state index is -0.276. The number of likely N-dealkylation sites (tertiary alicyclic amines) is 1. The number of amides is 1. The van der Waals surface area contributed by atoms with Gasteiger partial charge in [0.15, 0.2) is 0 Å². The molecule has 0 bridgehead atoms. The lowest BCUT2D eigenvalue weighted by Gasteiger charge is -2.33. The summed E-state index contributed by atoms with van der Waals surface area (Å²) in [6, 6.07) is 9.81. The van der Waals surface area contributed by atoms with Crippen LogP contribution in [0.15, 0.2) is 42.7 Å². The van der Waals surface area contributed by atoms with Crippen molar-refractivity contribution in [3.8, 4) is 5.69 Å². The molecule has 23 heavy (non-hydrogen) atoms. The van der Waals surface area contributed by atoms with Crippen molar-refractivity contribution in [3.63, 3.8) is 0 Å². The number of benzene rings is 1. The molecule has 5 nitrogen and oxygen atoms in total. The number of aliphatic hydroxyl groups is 1. The van der Waals surface area contributed by atoms with Gasteiger partial charge in [0.2, 0.25) is 5.91 Å². The van der Waals surface area contributed by atoms with E-state index in [0.29, 0.717) is 12.3 Å². The zero-order valence-electron chi connectivity index (χ0n) is 13.4. The van der Waals surface area contributed by atoms with Gasteiger partial charge < -0.3 is 10.0 Å². The van der Waals surface area contributed by atoms with Gasteiger partial charge >= 0.3 is 0 Å². The van der Waals surface area contributed by atoms with Crippen molar-refractivity contribution in [2.45, 2.75) is 32.3 Å². The van der Waals surface area contributed by atoms with Gasteiger partial charge in [-0.15, -0.1) is 0 Å². The topological polar surface area (TPSA) is 58.4 Å². The van der Waals surface area contributed by atoms with E-state index in [2.05, 4.69) is 5.10 Å². The molecular formula is C18H23N3O2. The third-order valence-corrected chi connectivity index (χ3v) is 4.64. The molecule has 2 aromatic rings. The van der Waals surface area contributed by atoms with E-state index in [1.54, 1.807) is 10.9 Å². The van der Waals surface area contributed by atoms with Crippen LogP contribution in [-0.4, -0.2) is 44.9 Å². The molecule has 1 aromatic carbocycles. The molecule has 1 amide bonds. The highest BCUT2D eigenvalue weighted by molar-refractivity contribution is 5.78. The molecule has 2 heterocycles. The average Bonchev–Trinajstić information content (AvgIpc) is 3.10. The summed E-state index contributed by atoms with van der Waals surface area (Å²) in [4.78, 5) is 14.3. The van der Waals surface area contributed by atoms with Crippen molar-refractivity contribution in [3.05, 3.63) is 48.3 Å². The molecule has 0 aliphatic carbocycles.